The molecule has 0 amide bonds. The molecule has 0 spiro atoms. The second-order valence-electron chi connectivity index (χ2n) is 20.3. The second-order valence-corrected chi connectivity index (χ2v) is 24.7. The molecule has 3 heteroatoms. The number of rotatable bonds is 8. The molecule has 64 heavy (non-hydrogen) atoms. The van der Waals surface area contributed by atoms with Gasteiger partial charge in [-0.3, -0.25) is 0 Å². The minimum Gasteiger partial charge on any atom is -0.342 e. The fourth-order valence-electron chi connectivity index (χ4n) is 11.8. The van der Waals surface area contributed by atoms with Gasteiger partial charge in [0.25, 0.3) is 0 Å². The Kier molecular flexibility index (Phi) is 22.2. The first-order valence-electron chi connectivity index (χ1n) is 25.8. The van der Waals surface area contributed by atoms with Crippen molar-refractivity contribution in [1.82, 2.24) is 0 Å². The van der Waals surface area contributed by atoms with E-state index in [1.807, 2.05) is 45.2 Å². The van der Waals surface area contributed by atoms with Crippen LogP contribution in [0.3, 0.4) is 0 Å². The Morgan fingerprint density at radius 2 is 0.797 bits per heavy atom. The molecule has 0 N–H and O–H groups in total. The van der Waals surface area contributed by atoms with E-state index in [1.165, 1.54) is 158 Å². The summed E-state index contributed by atoms with van der Waals surface area (Å²) in [6.45, 7) is 32.7. The standard InChI is InChI=1S/C47H66N2P.2C5H10.C4H8/c1-34-29-36(3)45(37(4)30-34)48-27-28-49(46-38(5)31-35(2)32-39(46)6)47(48)44(33-40-19-11-7-12-20-40)50(41-21-13-8-14-22-41,42-23-15-9-16-24-42)43-25-17-10-18-26-43;2*1-4-5(2)3;1-3-4-2/h7,11-12,19-20,29-33,41-43,47H,8-10,13-18,21-28H2,1-6H3;2*4H,1-3H3;3-4H,1-2H3/q+1;;;/b44-33-;;;4-3-. The Bertz CT molecular complexity index is 1790. The number of hydrogen-bond donors (Lipinski definition) is 0. The molecule has 2 nitrogen and oxygen atoms in total. The van der Waals surface area contributed by atoms with E-state index in [1.54, 1.807) is 0 Å². The zero-order valence-electron chi connectivity index (χ0n) is 43.8. The van der Waals surface area contributed by atoms with E-state index in [9.17, 15) is 0 Å². The molecule has 4 aliphatic rings. The van der Waals surface area contributed by atoms with E-state index in [0.717, 1.165) is 30.1 Å². The van der Waals surface area contributed by atoms with Crippen molar-refractivity contribution in [3.05, 3.63) is 134 Å². The van der Waals surface area contributed by atoms with Crippen LogP contribution in [0.2, 0.25) is 0 Å². The van der Waals surface area contributed by atoms with Crippen molar-refractivity contribution < 1.29 is 0 Å². The fourth-order valence-corrected chi connectivity index (χ4v) is 19.6. The topological polar surface area (TPSA) is 6.48 Å². The lowest BCUT2D eigenvalue weighted by Crippen LogP contribution is -2.47. The van der Waals surface area contributed by atoms with Crippen LogP contribution in [0.25, 0.3) is 6.08 Å². The maximum Gasteiger partial charge on any atom is 0.161 e. The van der Waals surface area contributed by atoms with Crippen LogP contribution in [0.4, 0.5) is 11.4 Å². The molecule has 0 bridgehead atoms. The van der Waals surface area contributed by atoms with Gasteiger partial charge in [-0.15, -0.1) is 0 Å². The third-order valence-corrected chi connectivity index (χ3v) is 21.3. The molecular formula is C61H94N2P+. The highest BCUT2D eigenvalue weighted by atomic mass is 31.2. The quantitative estimate of drug-likeness (QED) is 0.164. The lowest BCUT2D eigenvalue weighted by Gasteiger charge is -2.52. The summed E-state index contributed by atoms with van der Waals surface area (Å²) in [5.74, 6) is 0. The summed E-state index contributed by atoms with van der Waals surface area (Å²) in [5, 5.41) is 1.89. The van der Waals surface area contributed by atoms with E-state index in [0.29, 0.717) is 0 Å². The van der Waals surface area contributed by atoms with Crippen molar-refractivity contribution in [2.75, 3.05) is 22.9 Å². The van der Waals surface area contributed by atoms with E-state index in [4.69, 9.17) is 0 Å². The highest BCUT2D eigenvalue weighted by Gasteiger charge is 2.63. The van der Waals surface area contributed by atoms with Gasteiger partial charge in [0.1, 0.15) is 5.31 Å². The van der Waals surface area contributed by atoms with E-state index in [-0.39, 0.29) is 6.17 Å². The Hall–Kier alpha value is -3.35. The lowest BCUT2D eigenvalue weighted by molar-refractivity contribution is 0.452. The summed E-state index contributed by atoms with van der Waals surface area (Å²) in [6.07, 6.45) is 33.0. The molecular weight excluding hydrogens is 792 g/mol. The molecule has 7 rings (SSSR count). The minimum atomic E-state index is -1.66. The molecule has 3 aromatic rings. The molecule has 3 aromatic carbocycles. The van der Waals surface area contributed by atoms with Crippen LogP contribution in [-0.2, 0) is 0 Å². The molecule has 3 saturated carbocycles. The van der Waals surface area contributed by atoms with Crippen LogP contribution in [0.15, 0.2) is 95.4 Å². The van der Waals surface area contributed by atoms with E-state index in [2.05, 4.69) is 152 Å². The second kappa shape index (κ2) is 26.7. The molecule has 1 saturated heterocycles. The van der Waals surface area contributed by atoms with E-state index >= 15 is 0 Å². The van der Waals surface area contributed by atoms with Gasteiger partial charge >= 0.3 is 0 Å². The maximum absolute atomic E-state index is 2.95. The van der Waals surface area contributed by atoms with Gasteiger partial charge in [-0.2, -0.15) is 0 Å². The Balaban J connectivity index is 0.000000561. The molecule has 0 aromatic heterocycles. The van der Waals surface area contributed by atoms with Crippen molar-refractivity contribution in [1.29, 1.82) is 0 Å². The van der Waals surface area contributed by atoms with Gasteiger partial charge < -0.3 is 9.80 Å². The zero-order valence-corrected chi connectivity index (χ0v) is 44.6. The van der Waals surface area contributed by atoms with Crippen molar-refractivity contribution in [2.24, 2.45) is 0 Å². The Labute approximate surface area is 396 Å². The molecule has 0 radical (unpaired) electrons. The fraction of sp³-hybridized carbons (Fsp3) is 0.574. The predicted molar refractivity (Wildman–Crippen MR) is 292 cm³/mol. The molecule has 0 atom stereocenters. The number of anilines is 2. The van der Waals surface area contributed by atoms with Crippen LogP contribution in [-0.4, -0.2) is 36.2 Å². The van der Waals surface area contributed by atoms with Crippen LogP contribution in [0.1, 0.15) is 191 Å². The maximum atomic E-state index is 2.95. The normalized spacial score (nSPS) is 18.1. The van der Waals surface area contributed by atoms with E-state index < -0.39 is 7.26 Å². The van der Waals surface area contributed by atoms with Gasteiger partial charge in [-0.25, -0.2) is 0 Å². The number of benzene rings is 3. The van der Waals surface area contributed by atoms with Gasteiger partial charge in [0, 0.05) is 24.5 Å². The van der Waals surface area contributed by atoms with Gasteiger partial charge in [0.15, 0.2) is 6.17 Å². The number of allylic oxidation sites excluding steroid dienone is 6. The lowest BCUT2D eigenvalue weighted by atomic mass is 9.98. The van der Waals surface area contributed by atoms with Gasteiger partial charge in [0.05, 0.1) is 24.2 Å². The van der Waals surface area contributed by atoms with Gasteiger partial charge in [0.2, 0.25) is 0 Å². The molecule has 1 heterocycles. The smallest absolute Gasteiger partial charge is 0.161 e. The SMILES string of the molecule is C/C=C\C.CC=C(C)C.CC=C(C)C.Cc1cc(C)c(N2CCN(c3c(C)cc(C)cc3C)C2/C(=C/c2ccccc2)[P+](C2CCCCC2)(C2CCCCC2)C2CCCCC2)c(C)c1. The summed E-state index contributed by atoms with van der Waals surface area (Å²) in [4.78, 5) is 5.89. The van der Waals surface area contributed by atoms with Crippen molar-refractivity contribution in [2.45, 2.75) is 216 Å². The Morgan fingerprint density at radius 3 is 1.08 bits per heavy atom. The average Bonchev–Trinajstić information content (AvgIpc) is 3.70. The molecule has 4 fully saturated rings. The average molecular weight is 886 g/mol. The van der Waals surface area contributed by atoms with Crippen LogP contribution >= 0.6 is 7.26 Å². The Morgan fingerprint density at radius 1 is 0.484 bits per heavy atom. The first-order chi connectivity index (χ1) is 30.7. The third kappa shape index (κ3) is 13.8. The minimum absolute atomic E-state index is 0.245. The van der Waals surface area contributed by atoms with Crippen molar-refractivity contribution >= 4 is 24.7 Å². The largest absolute Gasteiger partial charge is 0.342 e. The first kappa shape index (κ1) is 53.3. The summed E-state index contributed by atoms with van der Waals surface area (Å²) in [6, 6.07) is 21.5. The van der Waals surface area contributed by atoms with Crippen LogP contribution in [0.5, 0.6) is 0 Å². The molecule has 1 aliphatic heterocycles. The summed E-state index contributed by atoms with van der Waals surface area (Å²) >= 11 is 0. The monoisotopic (exact) mass is 886 g/mol. The number of nitrogens with zero attached hydrogens (tertiary/aromatic N) is 2. The highest BCUT2D eigenvalue weighted by molar-refractivity contribution is 7.82. The van der Waals surface area contributed by atoms with Crippen LogP contribution in [0, 0.1) is 41.5 Å². The molecule has 352 valence electrons. The summed E-state index contributed by atoms with van der Waals surface area (Å²) < 4.78 is 0. The van der Waals surface area contributed by atoms with Gasteiger partial charge in [-0.1, -0.05) is 120 Å². The van der Waals surface area contributed by atoms with Crippen LogP contribution < -0.4 is 9.80 Å². The van der Waals surface area contributed by atoms with Crippen molar-refractivity contribution in [3.8, 4) is 0 Å². The predicted octanol–water partition coefficient (Wildman–Crippen LogP) is 18.8. The first-order valence-corrected chi connectivity index (χ1v) is 27.8. The van der Waals surface area contributed by atoms with Crippen molar-refractivity contribution in [3.63, 3.8) is 0 Å². The molecule has 0 unspecified atom stereocenters. The molecule has 3 aliphatic carbocycles. The van der Waals surface area contributed by atoms with Gasteiger partial charge in [-0.05, 0) is 208 Å². The highest BCUT2D eigenvalue weighted by Crippen LogP contribution is 2.83. The zero-order chi connectivity index (χ0) is 46.8. The number of hydrogen-bond acceptors (Lipinski definition) is 2. The summed E-state index contributed by atoms with van der Waals surface area (Å²) in [7, 11) is -1.66. The summed E-state index contributed by atoms with van der Waals surface area (Å²) in [5.41, 5.74) is 18.4. The third-order valence-electron chi connectivity index (χ3n) is 14.9. The number of aryl methyl sites for hydroxylation is 6.